The van der Waals surface area contributed by atoms with E-state index in [2.05, 4.69) is 27.8 Å². The summed E-state index contributed by atoms with van der Waals surface area (Å²) in [5, 5.41) is 6.28. The Hall–Kier alpha value is -3.58. The molecule has 1 aliphatic heterocycles. The van der Waals surface area contributed by atoms with E-state index < -0.39 is 5.54 Å². The largest absolute Gasteiger partial charge is 0.342 e. The van der Waals surface area contributed by atoms with Crippen LogP contribution in [0.2, 0.25) is 0 Å². The summed E-state index contributed by atoms with van der Waals surface area (Å²) >= 11 is 1.46. The van der Waals surface area contributed by atoms with Gasteiger partial charge in [-0.1, -0.05) is 66.7 Å². The van der Waals surface area contributed by atoms with E-state index in [1.807, 2.05) is 48.5 Å². The van der Waals surface area contributed by atoms with Crippen LogP contribution < -0.4 is 10.6 Å². The molecule has 2 aromatic carbocycles. The second-order valence-corrected chi connectivity index (χ2v) is 9.49. The topological polar surface area (TPSA) is 83.5 Å². The number of nitrogens with one attached hydrogen (secondary N) is 2. The number of aromatic nitrogens is 1. The first kappa shape index (κ1) is 22.6. The van der Waals surface area contributed by atoms with Gasteiger partial charge in [0.2, 0.25) is 5.91 Å². The lowest BCUT2D eigenvalue weighted by Crippen LogP contribution is -2.53. The third kappa shape index (κ3) is 5.62. The maximum Gasteiger partial charge on any atom is 0.251 e. The van der Waals surface area contributed by atoms with Crippen molar-refractivity contribution in [2.45, 2.75) is 32.2 Å². The van der Waals surface area contributed by atoms with E-state index in [4.69, 9.17) is 4.98 Å². The summed E-state index contributed by atoms with van der Waals surface area (Å²) < 4.78 is 0. The van der Waals surface area contributed by atoms with Gasteiger partial charge >= 0.3 is 0 Å². The molecule has 6 nitrogen and oxygen atoms in total. The highest BCUT2D eigenvalue weighted by Crippen LogP contribution is 2.33. The highest BCUT2D eigenvalue weighted by atomic mass is 32.1. The minimum atomic E-state index is -1.10. The molecule has 1 aliphatic rings. The van der Waals surface area contributed by atoms with Crippen molar-refractivity contribution in [3.05, 3.63) is 83.4 Å². The monoisotopic (exact) mass is 458 g/mol. The molecule has 2 N–H and O–H groups in total. The smallest absolute Gasteiger partial charge is 0.251 e. The van der Waals surface area contributed by atoms with Crippen LogP contribution in [0.5, 0.6) is 0 Å². The molecular formula is C26H26N4O2S. The Balaban J connectivity index is 1.53. The standard InChI is InChI=1S/C26H26N4O2S/c1-26(2,30-23(31)20-13-15-27-16-14-20)24(32)29-25-28-22(19-11-7-4-8-12-19)21(33-25)17-18-9-5-3-6-10-18/h3-13,15-16,20H,14,17H2,1-2H3,(H,30,31)(H,28,29,32). The van der Waals surface area contributed by atoms with Crippen molar-refractivity contribution in [3.8, 4) is 11.3 Å². The highest BCUT2D eigenvalue weighted by molar-refractivity contribution is 7.16. The fraction of sp³-hybridized carbons (Fsp3) is 0.231. The first-order chi connectivity index (χ1) is 15.9. The van der Waals surface area contributed by atoms with Crippen molar-refractivity contribution < 1.29 is 9.59 Å². The number of carbonyl (C=O) groups is 2. The molecule has 0 fully saturated rings. The Morgan fingerprint density at radius 1 is 1.06 bits per heavy atom. The summed E-state index contributed by atoms with van der Waals surface area (Å²) in [5.41, 5.74) is 1.93. The Labute approximate surface area is 197 Å². The number of nitrogens with zero attached hydrogens (tertiary/aromatic N) is 2. The van der Waals surface area contributed by atoms with Gasteiger partial charge in [0.1, 0.15) is 5.54 Å². The number of anilines is 1. The summed E-state index contributed by atoms with van der Waals surface area (Å²) in [7, 11) is 0. The Morgan fingerprint density at radius 3 is 2.42 bits per heavy atom. The molecule has 3 aromatic rings. The molecule has 1 aromatic heterocycles. The Bertz CT molecular complexity index is 1180. The van der Waals surface area contributed by atoms with Crippen LogP contribution in [-0.4, -0.2) is 28.6 Å². The summed E-state index contributed by atoms with van der Waals surface area (Å²) in [5.74, 6) is -0.841. The van der Waals surface area contributed by atoms with Crippen LogP contribution in [0.1, 0.15) is 30.7 Å². The average molecular weight is 459 g/mol. The summed E-state index contributed by atoms with van der Waals surface area (Å²) in [4.78, 5) is 35.5. The molecule has 168 valence electrons. The minimum Gasteiger partial charge on any atom is -0.342 e. The van der Waals surface area contributed by atoms with E-state index in [0.29, 0.717) is 18.0 Å². The molecule has 1 atom stereocenters. The number of aliphatic imine (C=N–C) groups is 1. The first-order valence-corrected chi connectivity index (χ1v) is 11.6. The lowest BCUT2D eigenvalue weighted by molar-refractivity contribution is -0.130. The summed E-state index contributed by atoms with van der Waals surface area (Å²) in [6.07, 6.45) is 6.29. The zero-order valence-corrected chi connectivity index (χ0v) is 19.4. The van der Waals surface area contributed by atoms with E-state index in [1.54, 1.807) is 32.3 Å². The van der Waals surface area contributed by atoms with Gasteiger partial charge in [0.25, 0.3) is 5.91 Å². The highest BCUT2D eigenvalue weighted by Gasteiger charge is 2.32. The molecule has 4 rings (SSSR count). The van der Waals surface area contributed by atoms with E-state index in [0.717, 1.165) is 16.1 Å². The summed E-state index contributed by atoms with van der Waals surface area (Å²) in [6, 6.07) is 20.1. The molecule has 0 saturated heterocycles. The molecule has 0 bridgehead atoms. The third-order valence-electron chi connectivity index (χ3n) is 5.38. The molecule has 2 amide bonds. The zero-order valence-electron chi connectivity index (χ0n) is 18.6. The van der Waals surface area contributed by atoms with E-state index in [-0.39, 0.29) is 17.7 Å². The Morgan fingerprint density at radius 2 is 1.76 bits per heavy atom. The lowest BCUT2D eigenvalue weighted by Gasteiger charge is -2.26. The molecule has 0 saturated carbocycles. The number of carbonyl (C=O) groups excluding carboxylic acids is 2. The minimum absolute atomic E-state index is 0.202. The average Bonchev–Trinajstić information content (AvgIpc) is 3.22. The number of benzene rings is 2. The number of amides is 2. The molecule has 1 unspecified atom stereocenters. The fourth-order valence-electron chi connectivity index (χ4n) is 3.50. The molecule has 0 aliphatic carbocycles. The molecule has 7 heteroatoms. The predicted octanol–water partition coefficient (Wildman–Crippen LogP) is 4.84. The van der Waals surface area contributed by atoms with Crippen molar-refractivity contribution in [3.63, 3.8) is 0 Å². The SMILES string of the molecule is CC(C)(NC(=O)C1C=CN=CC1)C(=O)Nc1nc(-c2ccccc2)c(Cc2ccccc2)s1. The molecule has 0 radical (unpaired) electrons. The molecule has 0 spiro atoms. The number of rotatable bonds is 7. The van der Waals surface area contributed by atoms with Gasteiger partial charge in [-0.2, -0.15) is 0 Å². The van der Waals surface area contributed by atoms with Crippen molar-refractivity contribution in [1.29, 1.82) is 0 Å². The van der Waals surface area contributed by atoms with Gasteiger partial charge in [0, 0.05) is 29.3 Å². The second kappa shape index (κ2) is 9.92. The van der Waals surface area contributed by atoms with Crippen LogP contribution in [0.25, 0.3) is 11.3 Å². The van der Waals surface area contributed by atoms with Gasteiger partial charge < -0.3 is 5.32 Å². The third-order valence-corrected chi connectivity index (χ3v) is 6.35. The maximum atomic E-state index is 13.1. The van der Waals surface area contributed by atoms with Gasteiger partial charge in [-0.3, -0.25) is 19.9 Å². The summed E-state index contributed by atoms with van der Waals surface area (Å²) in [6.45, 7) is 3.38. The second-order valence-electron chi connectivity index (χ2n) is 8.40. The lowest BCUT2D eigenvalue weighted by atomic mass is 9.99. The number of hydrogen-bond acceptors (Lipinski definition) is 5. The molecule has 2 heterocycles. The van der Waals surface area contributed by atoms with Gasteiger partial charge in [-0.25, -0.2) is 4.98 Å². The Kier molecular flexibility index (Phi) is 6.79. The van der Waals surface area contributed by atoms with Crippen LogP contribution in [0, 0.1) is 5.92 Å². The van der Waals surface area contributed by atoms with Crippen molar-refractivity contribution in [1.82, 2.24) is 10.3 Å². The predicted molar refractivity (Wildman–Crippen MR) is 133 cm³/mol. The number of hydrogen-bond donors (Lipinski definition) is 2. The fourth-order valence-corrected chi connectivity index (χ4v) is 4.51. The van der Waals surface area contributed by atoms with E-state index >= 15 is 0 Å². The van der Waals surface area contributed by atoms with Gasteiger partial charge in [-0.05, 0) is 25.8 Å². The van der Waals surface area contributed by atoms with Gasteiger partial charge in [0.15, 0.2) is 5.13 Å². The van der Waals surface area contributed by atoms with Gasteiger partial charge in [0.05, 0.1) is 11.6 Å². The van der Waals surface area contributed by atoms with Crippen molar-refractivity contribution >= 4 is 34.5 Å². The quantitative estimate of drug-likeness (QED) is 0.531. The van der Waals surface area contributed by atoms with Crippen LogP contribution >= 0.6 is 11.3 Å². The van der Waals surface area contributed by atoms with Crippen LogP contribution in [-0.2, 0) is 16.0 Å². The van der Waals surface area contributed by atoms with E-state index in [1.165, 1.54) is 16.9 Å². The maximum absolute atomic E-state index is 13.1. The normalized spacial score (nSPS) is 15.3. The van der Waals surface area contributed by atoms with Crippen molar-refractivity contribution in [2.75, 3.05) is 5.32 Å². The zero-order chi connectivity index (χ0) is 23.3. The first-order valence-electron chi connectivity index (χ1n) is 10.8. The van der Waals surface area contributed by atoms with E-state index in [9.17, 15) is 9.59 Å². The van der Waals surface area contributed by atoms with Gasteiger partial charge in [-0.15, -0.1) is 11.3 Å². The molecule has 33 heavy (non-hydrogen) atoms. The molecular weight excluding hydrogens is 432 g/mol. The van der Waals surface area contributed by atoms with Crippen LogP contribution in [0.15, 0.2) is 77.9 Å². The van der Waals surface area contributed by atoms with Crippen LogP contribution in [0.4, 0.5) is 5.13 Å². The number of thiazole rings is 1. The van der Waals surface area contributed by atoms with Crippen molar-refractivity contribution in [2.24, 2.45) is 10.9 Å². The van der Waals surface area contributed by atoms with Crippen LogP contribution in [0.3, 0.4) is 0 Å².